The molecule has 14 heavy (non-hydrogen) atoms. The number of hydrogen-bond donors (Lipinski definition) is 1. The molecule has 82 valence electrons. The van der Waals surface area contributed by atoms with Gasteiger partial charge in [0.15, 0.2) is 0 Å². The van der Waals surface area contributed by atoms with Gasteiger partial charge in [-0.2, -0.15) is 0 Å². The van der Waals surface area contributed by atoms with Crippen LogP contribution >= 0.6 is 0 Å². The molecule has 0 heterocycles. The zero-order chi connectivity index (χ0) is 10.6. The van der Waals surface area contributed by atoms with Gasteiger partial charge in [-0.1, -0.05) is 0 Å². The van der Waals surface area contributed by atoms with Crippen LogP contribution in [0.2, 0.25) is 0 Å². The van der Waals surface area contributed by atoms with Gasteiger partial charge in [0.1, 0.15) is 0 Å². The van der Waals surface area contributed by atoms with E-state index < -0.39 is 16.0 Å². The molecule has 0 spiro atoms. The molecular weight excluding hydrogens is 206 g/mol. The van der Waals surface area contributed by atoms with Crippen LogP contribution in [0, 0.1) is 5.92 Å². The first-order valence-corrected chi connectivity index (χ1v) is 6.23. The molecule has 1 aliphatic rings. The Hall–Kier alpha value is -0.620. The van der Waals surface area contributed by atoms with E-state index in [0.717, 1.165) is 12.8 Å². The zero-order valence-electron chi connectivity index (χ0n) is 8.15. The number of rotatable bonds is 6. The Morgan fingerprint density at radius 1 is 1.50 bits per heavy atom. The molecule has 0 aromatic carbocycles. The highest BCUT2D eigenvalue weighted by molar-refractivity contribution is 7.89. The summed E-state index contributed by atoms with van der Waals surface area (Å²) in [6.07, 6.45) is 2.08. The minimum absolute atomic E-state index is 0.0837. The lowest BCUT2D eigenvalue weighted by Crippen LogP contribution is -2.29. The molecule has 0 atom stereocenters. The number of hydrogen-bond acceptors (Lipinski definition) is 4. The van der Waals surface area contributed by atoms with E-state index in [-0.39, 0.29) is 18.7 Å². The van der Waals surface area contributed by atoms with Gasteiger partial charge in [-0.25, -0.2) is 13.1 Å². The van der Waals surface area contributed by atoms with Crippen molar-refractivity contribution >= 4 is 16.0 Å². The Balaban J connectivity index is 2.18. The summed E-state index contributed by atoms with van der Waals surface area (Å²) in [7, 11) is -1.90. The Labute approximate surface area is 83.9 Å². The van der Waals surface area contributed by atoms with Gasteiger partial charge in [-0.15, -0.1) is 0 Å². The number of nitrogens with one attached hydrogen (secondary N) is 1. The second-order valence-electron chi connectivity index (χ2n) is 3.45. The minimum atomic E-state index is -3.18. The molecular formula is C8H15NO4S. The molecule has 1 saturated carbocycles. The SMILES string of the molecule is COC(=O)CCNS(=O)(=O)CC1CC1. The number of methoxy groups -OCH3 is 1. The summed E-state index contributed by atoms with van der Waals surface area (Å²) in [6, 6.07) is 0. The van der Waals surface area contributed by atoms with E-state index in [9.17, 15) is 13.2 Å². The summed E-state index contributed by atoms with van der Waals surface area (Å²) in [5.74, 6) is 0.110. The molecule has 0 aromatic rings. The van der Waals surface area contributed by atoms with Gasteiger partial charge in [0.2, 0.25) is 10.0 Å². The van der Waals surface area contributed by atoms with Crippen molar-refractivity contribution in [1.82, 2.24) is 4.72 Å². The number of carbonyl (C=O) groups is 1. The Kier molecular flexibility index (Phi) is 3.88. The normalized spacial score (nSPS) is 16.6. The quantitative estimate of drug-likeness (QED) is 0.635. The maximum absolute atomic E-state index is 11.3. The predicted molar refractivity (Wildman–Crippen MR) is 51.1 cm³/mol. The van der Waals surface area contributed by atoms with Gasteiger partial charge >= 0.3 is 5.97 Å². The van der Waals surface area contributed by atoms with Crippen LogP contribution in [0.1, 0.15) is 19.3 Å². The molecule has 1 rings (SSSR count). The molecule has 0 amide bonds. The topological polar surface area (TPSA) is 72.5 Å². The number of esters is 1. The van der Waals surface area contributed by atoms with E-state index in [4.69, 9.17) is 0 Å². The smallest absolute Gasteiger partial charge is 0.306 e. The Morgan fingerprint density at radius 3 is 2.64 bits per heavy atom. The Bertz CT molecular complexity index is 294. The van der Waals surface area contributed by atoms with Crippen molar-refractivity contribution in [2.45, 2.75) is 19.3 Å². The second kappa shape index (κ2) is 4.75. The second-order valence-corrected chi connectivity index (χ2v) is 5.30. The van der Waals surface area contributed by atoms with Crippen molar-refractivity contribution in [3.63, 3.8) is 0 Å². The van der Waals surface area contributed by atoms with E-state index in [1.54, 1.807) is 0 Å². The molecule has 0 unspecified atom stereocenters. The van der Waals surface area contributed by atoms with Crippen molar-refractivity contribution in [2.75, 3.05) is 19.4 Å². The molecule has 0 aromatic heterocycles. The third-order valence-electron chi connectivity index (χ3n) is 2.03. The third kappa shape index (κ3) is 4.57. The van der Waals surface area contributed by atoms with Crippen LogP contribution in [0.15, 0.2) is 0 Å². The van der Waals surface area contributed by atoms with E-state index in [0.29, 0.717) is 5.92 Å². The summed E-state index contributed by atoms with van der Waals surface area (Å²) in [5, 5.41) is 0. The average molecular weight is 221 g/mol. The number of sulfonamides is 1. The minimum Gasteiger partial charge on any atom is -0.469 e. The average Bonchev–Trinajstić information content (AvgIpc) is 2.86. The molecule has 0 radical (unpaired) electrons. The molecule has 0 bridgehead atoms. The van der Waals surface area contributed by atoms with Crippen molar-refractivity contribution in [1.29, 1.82) is 0 Å². The van der Waals surface area contributed by atoms with Crippen LogP contribution in [0.3, 0.4) is 0 Å². The first kappa shape index (κ1) is 11.5. The van der Waals surface area contributed by atoms with Crippen LogP contribution in [0.5, 0.6) is 0 Å². The largest absolute Gasteiger partial charge is 0.469 e. The van der Waals surface area contributed by atoms with Crippen LogP contribution < -0.4 is 4.72 Å². The predicted octanol–water partition coefficient (Wildman–Crippen LogP) is -0.121. The van der Waals surface area contributed by atoms with Crippen LogP contribution in [0.4, 0.5) is 0 Å². The third-order valence-corrected chi connectivity index (χ3v) is 3.58. The van der Waals surface area contributed by atoms with Crippen molar-refractivity contribution in [2.24, 2.45) is 5.92 Å². The first-order valence-electron chi connectivity index (χ1n) is 4.57. The Morgan fingerprint density at radius 2 is 2.14 bits per heavy atom. The van der Waals surface area contributed by atoms with E-state index in [2.05, 4.69) is 9.46 Å². The fraction of sp³-hybridized carbons (Fsp3) is 0.875. The van der Waals surface area contributed by atoms with E-state index in [1.807, 2.05) is 0 Å². The van der Waals surface area contributed by atoms with Gasteiger partial charge in [-0.05, 0) is 18.8 Å². The van der Waals surface area contributed by atoms with Crippen LogP contribution in [-0.4, -0.2) is 33.8 Å². The van der Waals surface area contributed by atoms with Crippen molar-refractivity contribution in [3.8, 4) is 0 Å². The molecule has 5 nitrogen and oxygen atoms in total. The first-order chi connectivity index (χ1) is 6.53. The highest BCUT2D eigenvalue weighted by Gasteiger charge is 2.27. The number of carbonyl (C=O) groups excluding carboxylic acids is 1. The maximum atomic E-state index is 11.3. The highest BCUT2D eigenvalue weighted by atomic mass is 32.2. The molecule has 1 N–H and O–H groups in total. The monoisotopic (exact) mass is 221 g/mol. The van der Waals surface area contributed by atoms with Crippen molar-refractivity contribution < 1.29 is 17.9 Å². The molecule has 0 aliphatic heterocycles. The summed E-state index contributed by atoms with van der Waals surface area (Å²) in [5.41, 5.74) is 0. The number of ether oxygens (including phenoxy) is 1. The standard InChI is InChI=1S/C8H15NO4S/c1-13-8(10)4-5-9-14(11,12)6-7-2-3-7/h7,9H,2-6H2,1H3. The molecule has 1 fully saturated rings. The van der Waals surface area contributed by atoms with Gasteiger partial charge < -0.3 is 4.74 Å². The lowest BCUT2D eigenvalue weighted by atomic mass is 10.4. The summed E-state index contributed by atoms with van der Waals surface area (Å²) < 4.78 is 29.3. The fourth-order valence-electron chi connectivity index (χ4n) is 1.06. The fourth-order valence-corrected chi connectivity index (χ4v) is 2.55. The highest BCUT2D eigenvalue weighted by Crippen LogP contribution is 2.29. The lowest BCUT2D eigenvalue weighted by molar-refractivity contribution is -0.140. The van der Waals surface area contributed by atoms with Gasteiger partial charge in [0.05, 0.1) is 19.3 Å². The van der Waals surface area contributed by atoms with Gasteiger partial charge in [-0.3, -0.25) is 4.79 Å². The molecule has 1 aliphatic carbocycles. The van der Waals surface area contributed by atoms with E-state index in [1.165, 1.54) is 7.11 Å². The van der Waals surface area contributed by atoms with Crippen LogP contribution in [-0.2, 0) is 19.6 Å². The maximum Gasteiger partial charge on any atom is 0.306 e. The molecule has 0 saturated heterocycles. The lowest BCUT2D eigenvalue weighted by Gasteiger charge is -2.04. The summed E-state index contributed by atoms with van der Waals surface area (Å²) >= 11 is 0. The van der Waals surface area contributed by atoms with Gasteiger partial charge in [0.25, 0.3) is 0 Å². The van der Waals surface area contributed by atoms with Crippen LogP contribution in [0.25, 0.3) is 0 Å². The summed E-state index contributed by atoms with van der Waals surface area (Å²) in [6.45, 7) is 0.127. The van der Waals surface area contributed by atoms with E-state index >= 15 is 0 Å². The zero-order valence-corrected chi connectivity index (χ0v) is 8.97. The molecule has 6 heteroatoms. The van der Waals surface area contributed by atoms with Gasteiger partial charge in [0, 0.05) is 6.54 Å². The summed E-state index contributed by atoms with van der Waals surface area (Å²) in [4.78, 5) is 10.7. The van der Waals surface area contributed by atoms with Crippen molar-refractivity contribution in [3.05, 3.63) is 0 Å².